The molecule has 1 aliphatic rings. The smallest absolute Gasteiger partial charge is 0.315 e. The van der Waals surface area contributed by atoms with Crippen LogP contribution in [0.25, 0.3) is 0 Å². The number of nitrogens with one attached hydrogen (secondary N) is 2. The van der Waals surface area contributed by atoms with Gasteiger partial charge in [0.15, 0.2) is 0 Å². The molecule has 0 aromatic rings. The first-order valence-electron chi connectivity index (χ1n) is 5.52. The molecule has 0 bridgehead atoms. The van der Waals surface area contributed by atoms with Crippen LogP contribution in [-0.2, 0) is 4.74 Å². The molecule has 0 aromatic carbocycles. The molecule has 1 rings (SSSR count). The Morgan fingerprint density at radius 1 is 1.53 bits per heavy atom. The molecule has 5 heteroatoms. The first-order chi connectivity index (χ1) is 7.26. The minimum Gasteiger partial charge on any atom is -0.383 e. The van der Waals surface area contributed by atoms with Gasteiger partial charge in [-0.15, -0.1) is 0 Å². The molecule has 5 nitrogen and oxygen atoms in total. The fraction of sp³-hybridized carbons (Fsp3) is 0.900. The number of ether oxygens (including phenoxy) is 1. The van der Waals surface area contributed by atoms with Crippen molar-refractivity contribution in [2.45, 2.75) is 37.8 Å². The van der Waals surface area contributed by atoms with Crippen LogP contribution in [0.15, 0.2) is 0 Å². The zero-order valence-electron chi connectivity index (χ0n) is 9.29. The fourth-order valence-corrected chi connectivity index (χ4v) is 1.85. The Labute approximate surface area is 90.7 Å². The summed E-state index contributed by atoms with van der Waals surface area (Å²) in [6.45, 7) is 0.848. The van der Waals surface area contributed by atoms with Crippen LogP contribution in [0.4, 0.5) is 4.79 Å². The van der Waals surface area contributed by atoms with Gasteiger partial charge in [0, 0.05) is 19.7 Å². The van der Waals surface area contributed by atoms with Crippen molar-refractivity contribution in [1.82, 2.24) is 10.6 Å². The number of amides is 2. The van der Waals surface area contributed by atoms with E-state index in [0.717, 1.165) is 12.8 Å². The van der Waals surface area contributed by atoms with E-state index >= 15 is 0 Å². The molecule has 0 radical (unpaired) electrons. The summed E-state index contributed by atoms with van der Waals surface area (Å²) in [5.74, 6) is 0. The third kappa shape index (κ3) is 4.48. The maximum atomic E-state index is 11.5. The van der Waals surface area contributed by atoms with E-state index in [2.05, 4.69) is 10.6 Å². The predicted octanol–water partition coefficient (Wildman–Crippen LogP) is 0.202. The van der Waals surface area contributed by atoms with E-state index in [0.29, 0.717) is 19.2 Å². The van der Waals surface area contributed by atoms with Gasteiger partial charge in [0.25, 0.3) is 0 Å². The molecule has 1 fully saturated rings. The van der Waals surface area contributed by atoms with Crippen LogP contribution in [0.1, 0.15) is 25.7 Å². The molecule has 0 aliphatic heterocycles. The molecule has 4 N–H and O–H groups in total. The molecule has 0 saturated heterocycles. The first-order valence-corrected chi connectivity index (χ1v) is 5.52. The monoisotopic (exact) mass is 215 g/mol. The van der Waals surface area contributed by atoms with E-state index in [1.807, 2.05) is 0 Å². The lowest BCUT2D eigenvalue weighted by Gasteiger charge is -2.18. The highest BCUT2D eigenvalue weighted by Gasteiger charge is 2.18. The fourth-order valence-electron chi connectivity index (χ4n) is 1.85. The number of hydrogen-bond donors (Lipinski definition) is 3. The van der Waals surface area contributed by atoms with E-state index in [4.69, 9.17) is 10.5 Å². The molecular weight excluding hydrogens is 194 g/mol. The SMILES string of the molecule is COCC(CN)NC(=O)NC1CCCC1. The van der Waals surface area contributed by atoms with Crippen molar-refractivity contribution in [3.8, 4) is 0 Å². The van der Waals surface area contributed by atoms with E-state index in [9.17, 15) is 4.79 Å². The second kappa shape index (κ2) is 6.63. The maximum absolute atomic E-state index is 11.5. The van der Waals surface area contributed by atoms with E-state index in [1.165, 1.54) is 12.8 Å². The largest absolute Gasteiger partial charge is 0.383 e. The normalized spacial score (nSPS) is 18.8. The topological polar surface area (TPSA) is 76.4 Å². The Morgan fingerprint density at radius 3 is 2.73 bits per heavy atom. The van der Waals surface area contributed by atoms with Crippen LogP contribution >= 0.6 is 0 Å². The average Bonchev–Trinajstić information content (AvgIpc) is 2.69. The number of nitrogens with two attached hydrogens (primary N) is 1. The molecule has 2 amide bonds. The van der Waals surface area contributed by atoms with Gasteiger partial charge < -0.3 is 21.1 Å². The molecule has 1 atom stereocenters. The second-order valence-corrected chi connectivity index (χ2v) is 3.99. The minimum atomic E-state index is -0.130. The van der Waals surface area contributed by atoms with Crippen LogP contribution in [-0.4, -0.2) is 38.4 Å². The predicted molar refractivity (Wildman–Crippen MR) is 58.6 cm³/mol. The highest BCUT2D eigenvalue weighted by Crippen LogP contribution is 2.17. The maximum Gasteiger partial charge on any atom is 0.315 e. The van der Waals surface area contributed by atoms with Crippen molar-refractivity contribution in [2.75, 3.05) is 20.3 Å². The van der Waals surface area contributed by atoms with Gasteiger partial charge in [-0.3, -0.25) is 0 Å². The summed E-state index contributed by atoms with van der Waals surface area (Å²) >= 11 is 0. The van der Waals surface area contributed by atoms with Gasteiger partial charge in [-0.05, 0) is 12.8 Å². The minimum absolute atomic E-state index is 0.101. The van der Waals surface area contributed by atoms with Crippen molar-refractivity contribution in [3.05, 3.63) is 0 Å². The Balaban J connectivity index is 2.20. The highest BCUT2D eigenvalue weighted by molar-refractivity contribution is 5.74. The van der Waals surface area contributed by atoms with Gasteiger partial charge >= 0.3 is 6.03 Å². The Hall–Kier alpha value is -0.810. The zero-order valence-corrected chi connectivity index (χ0v) is 9.29. The summed E-state index contributed by atoms with van der Waals surface area (Å²) in [4.78, 5) is 11.5. The molecule has 0 aromatic heterocycles. The van der Waals surface area contributed by atoms with Crippen molar-refractivity contribution < 1.29 is 9.53 Å². The van der Waals surface area contributed by atoms with Crippen LogP contribution in [0.5, 0.6) is 0 Å². The molecule has 15 heavy (non-hydrogen) atoms. The third-order valence-corrected chi connectivity index (χ3v) is 2.68. The molecule has 1 unspecified atom stereocenters. The standard InChI is InChI=1S/C10H21N3O2/c1-15-7-9(6-11)13-10(14)12-8-4-2-3-5-8/h8-9H,2-7,11H2,1H3,(H2,12,13,14). The quantitative estimate of drug-likeness (QED) is 0.613. The molecule has 88 valence electrons. The van der Waals surface area contributed by atoms with Gasteiger partial charge in [-0.2, -0.15) is 0 Å². The Bertz CT molecular complexity index is 193. The first kappa shape index (κ1) is 12.3. The number of carbonyl (C=O) groups excluding carboxylic acids is 1. The van der Waals surface area contributed by atoms with Crippen molar-refractivity contribution >= 4 is 6.03 Å². The third-order valence-electron chi connectivity index (χ3n) is 2.68. The van der Waals surface area contributed by atoms with E-state index < -0.39 is 0 Å². The zero-order chi connectivity index (χ0) is 11.1. The van der Waals surface area contributed by atoms with Gasteiger partial charge in [0.1, 0.15) is 0 Å². The van der Waals surface area contributed by atoms with Crippen molar-refractivity contribution in [1.29, 1.82) is 0 Å². The number of hydrogen-bond acceptors (Lipinski definition) is 3. The summed E-state index contributed by atoms with van der Waals surface area (Å²) in [7, 11) is 1.60. The number of methoxy groups -OCH3 is 1. The molecule has 0 heterocycles. The lowest BCUT2D eigenvalue weighted by Crippen LogP contribution is -2.49. The van der Waals surface area contributed by atoms with Crippen molar-refractivity contribution in [3.63, 3.8) is 0 Å². The van der Waals surface area contributed by atoms with Crippen LogP contribution in [0.2, 0.25) is 0 Å². The lowest BCUT2D eigenvalue weighted by molar-refractivity contribution is 0.167. The molecular formula is C10H21N3O2. The average molecular weight is 215 g/mol. The van der Waals surface area contributed by atoms with Crippen LogP contribution < -0.4 is 16.4 Å². The summed E-state index contributed by atoms with van der Waals surface area (Å²) in [5.41, 5.74) is 5.49. The van der Waals surface area contributed by atoms with Gasteiger partial charge in [0.2, 0.25) is 0 Å². The summed E-state index contributed by atoms with van der Waals surface area (Å²) in [6, 6.07) is 0.108. The van der Waals surface area contributed by atoms with E-state index in [1.54, 1.807) is 7.11 Å². The van der Waals surface area contributed by atoms with Gasteiger partial charge in [-0.1, -0.05) is 12.8 Å². The van der Waals surface area contributed by atoms with Gasteiger partial charge in [-0.25, -0.2) is 4.79 Å². The van der Waals surface area contributed by atoms with Gasteiger partial charge in [0.05, 0.1) is 12.6 Å². The van der Waals surface area contributed by atoms with E-state index in [-0.39, 0.29) is 12.1 Å². The van der Waals surface area contributed by atoms with Crippen LogP contribution in [0, 0.1) is 0 Å². The molecule has 0 spiro atoms. The Morgan fingerprint density at radius 2 is 2.20 bits per heavy atom. The highest BCUT2D eigenvalue weighted by atomic mass is 16.5. The number of urea groups is 1. The lowest BCUT2D eigenvalue weighted by atomic mass is 10.2. The summed E-state index contributed by atoms with van der Waals surface area (Å²) in [6.07, 6.45) is 4.60. The molecule has 1 saturated carbocycles. The number of rotatable bonds is 5. The Kier molecular flexibility index (Phi) is 5.42. The summed E-state index contributed by atoms with van der Waals surface area (Å²) in [5, 5.41) is 5.74. The van der Waals surface area contributed by atoms with Crippen LogP contribution in [0.3, 0.4) is 0 Å². The second-order valence-electron chi connectivity index (χ2n) is 3.99. The molecule has 1 aliphatic carbocycles. The summed E-state index contributed by atoms with van der Waals surface area (Å²) < 4.78 is 4.94. The number of carbonyl (C=O) groups is 1. The van der Waals surface area contributed by atoms with Crippen molar-refractivity contribution in [2.24, 2.45) is 5.73 Å².